The molecular weight excluding hydrogens is 186 g/mol. The van der Waals surface area contributed by atoms with E-state index in [2.05, 4.69) is 44.9 Å². The van der Waals surface area contributed by atoms with Crippen LogP contribution in [0.25, 0.3) is 0 Å². The van der Waals surface area contributed by atoms with Gasteiger partial charge in [0.2, 0.25) is 0 Å². The summed E-state index contributed by atoms with van der Waals surface area (Å²) in [6.45, 7) is 7.59. The van der Waals surface area contributed by atoms with Crippen molar-refractivity contribution in [3.63, 3.8) is 0 Å². The van der Waals surface area contributed by atoms with Gasteiger partial charge in [0.15, 0.2) is 0 Å². The third-order valence-corrected chi connectivity index (χ3v) is 2.38. The molecule has 0 bridgehead atoms. The van der Waals surface area contributed by atoms with Crippen LogP contribution < -0.4 is 9.64 Å². The van der Waals surface area contributed by atoms with Gasteiger partial charge in [0.1, 0.15) is 5.75 Å². The Morgan fingerprint density at radius 1 is 1.33 bits per heavy atom. The second-order valence-corrected chi connectivity index (χ2v) is 4.45. The van der Waals surface area contributed by atoms with E-state index in [0.717, 1.165) is 12.3 Å². The minimum Gasteiger partial charge on any atom is -0.495 e. The molecule has 0 unspecified atom stereocenters. The molecule has 1 aromatic rings. The van der Waals surface area contributed by atoms with Crippen LogP contribution in [0.3, 0.4) is 0 Å². The molecule has 0 aliphatic heterocycles. The molecule has 2 nitrogen and oxygen atoms in total. The van der Waals surface area contributed by atoms with Crippen molar-refractivity contribution in [2.24, 2.45) is 5.92 Å². The van der Waals surface area contributed by atoms with Crippen molar-refractivity contribution in [2.75, 3.05) is 25.6 Å². The number of benzene rings is 1. The third kappa shape index (κ3) is 3.15. The summed E-state index contributed by atoms with van der Waals surface area (Å²) < 4.78 is 5.36. The van der Waals surface area contributed by atoms with Gasteiger partial charge in [-0.1, -0.05) is 19.9 Å². The number of anilines is 1. The minimum atomic E-state index is 0.653. The Morgan fingerprint density at radius 2 is 2.00 bits per heavy atom. The predicted octanol–water partition coefficient (Wildman–Crippen LogP) is 3.10. The highest BCUT2D eigenvalue weighted by atomic mass is 16.5. The number of hydrogen-bond donors (Lipinski definition) is 0. The van der Waals surface area contributed by atoms with E-state index in [1.165, 1.54) is 11.3 Å². The molecular formula is C13H21NO. The van der Waals surface area contributed by atoms with Crippen LogP contribution in [0.15, 0.2) is 18.2 Å². The van der Waals surface area contributed by atoms with Crippen molar-refractivity contribution >= 4 is 5.69 Å². The van der Waals surface area contributed by atoms with E-state index in [0.29, 0.717) is 5.92 Å². The number of hydrogen-bond acceptors (Lipinski definition) is 2. The largest absolute Gasteiger partial charge is 0.495 e. The number of rotatable bonds is 4. The molecule has 0 aromatic heterocycles. The molecule has 0 spiro atoms. The summed E-state index contributed by atoms with van der Waals surface area (Å²) in [5, 5.41) is 0. The predicted molar refractivity (Wildman–Crippen MR) is 65.8 cm³/mol. The smallest absolute Gasteiger partial charge is 0.142 e. The highest BCUT2D eigenvalue weighted by Gasteiger charge is 2.09. The first-order chi connectivity index (χ1) is 7.04. The van der Waals surface area contributed by atoms with Gasteiger partial charge in [-0.2, -0.15) is 0 Å². The maximum absolute atomic E-state index is 5.36. The first-order valence-corrected chi connectivity index (χ1v) is 5.40. The van der Waals surface area contributed by atoms with E-state index in [9.17, 15) is 0 Å². The van der Waals surface area contributed by atoms with E-state index in [4.69, 9.17) is 4.74 Å². The average molecular weight is 207 g/mol. The van der Waals surface area contributed by atoms with Crippen molar-refractivity contribution in [1.29, 1.82) is 0 Å². The summed E-state index contributed by atoms with van der Waals surface area (Å²) in [7, 11) is 3.83. The van der Waals surface area contributed by atoms with Gasteiger partial charge in [-0.3, -0.25) is 0 Å². The third-order valence-electron chi connectivity index (χ3n) is 2.38. The molecule has 0 fully saturated rings. The van der Waals surface area contributed by atoms with Crippen molar-refractivity contribution in [3.8, 4) is 5.75 Å². The molecule has 0 saturated carbocycles. The average Bonchev–Trinajstić information content (AvgIpc) is 2.16. The number of aryl methyl sites for hydroxylation is 1. The van der Waals surface area contributed by atoms with Gasteiger partial charge in [0, 0.05) is 13.6 Å². The molecule has 0 atom stereocenters. The molecule has 0 radical (unpaired) electrons. The van der Waals surface area contributed by atoms with Crippen molar-refractivity contribution in [2.45, 2.75) is 20.8 Å². The lowest BCUT2D eigenvalue weighted by Crippen LogP contribution is -2.23. The van der Waals surface area contributed by atoms with E-state index in [-0.39, 0.29) is 0 Å². The lowest BCUT2D eigenvalue weighted by atomic mass is 10.1. The fraction of sp³-hybridized carbons (Fsp3) is 0.538. The Kier molecular flexibility index (Phi) is 4.01. The maximum atomic E-state index is 5.36. The summed E-state index contributed by atoms with van der Waals surface area (Å²) >= 11 is 0. The van der Waals surface area contributed by atoms with Gasteiger partial charge in [-0.05, 0) is 30.5 Å². The molecule has 1 rings (SSSR count). The fourth-order valence-corrected chi connectivity index (χ4v) is 1.74. The summed E-state index contributed by atoms with van der Waals surface area (Å²) in [6, 6.07) is 6.27. The van der Waals surface area contributed by atoms with Crippen LogP contribution in [0.1, 0.15) is 19.4 Å². The molecule has 1 aromatic carbocycles. The van der Waals surface area contributed by atoms with Crippen LogP contribution >= 0.6 is 0 Å². The van der Waals surface area contributed by atoms with Crippen molar-refractivity contribution in [1.82, 2.24) is 0 Å². The highest BCUT2D eigenvalue weighted by Crippen LogP contribution is 2.28. The lowest BCUT2D eigenvalue weighted by Gasteiger charge is -2.24. The summed E-state index contributed by atoms with van der Waals surface area (Å²) in [4.78, 5) is 2.25. The molecule has 2 heteroatoms. The Bertz CT molecular complexity index is 320. The molecule has 84 valence electrons. The van der Waals surface area contributed by atoms with Crippen LogP contribution in [-0.4, -0.2) is 20.7 Å². The zero-order valence-corrected chi connectivity index (χ0v) is 10.4. The molecule has 0 aliphatic carbocycles. The molecule has 0 aliphatic rings. The van der Waals surface area contributed by atoms with Gasteiger partial charge in [0.05, 0.1) is 12.8 Å². The van der Waals surface area contributed by atoms with Gasteiger partial charge >= 0.3 is 0 Å². The Balaban J connectivity index is 2.94. The van der Waals surface area contributed by atoms with Crippen LogP contribution in [-0.2, 0) is 0 Å². The maximum Gasteiger partial charge on any atom is 0.142 e. The monoisotopic (exact) mass is 207 g/mol. The summed E-state index contributed by atoms with van der Waals surface area (Å²) in [6.07, 6.45) is 0. The van der Waals surface area contributed by atoms with Gasteiger partial charge in [-0.15, -0.1) is 0 Å². The van der Waals surface area contributed by atoms with Crippen molar-refractivity contribution < 1.29 is 4.74 Å². The zero-order chi connectivity index (χ0) is 11.4. The van der Waals surface area contributed by atoms with E-state index in [1.54, 1.807) is 7.11 Å². The quantitative estimate of drug-likeness (QED) is 0.752. The van der Waals surface area contributed by atoms with Gasteiger partial charge < -0.3 is 9.64 Å². The second kappa shape index (κ2) is 5.06. The molecule has 0 saturated heterocycles. The second-order valence-electron chi connectivity index (χ2n) is 4.45. The number of ether oxygens (including phenoxy) is 1. The SMILES string of the molecule is COc1ccc(C)cc1N(C)CC(C)C. The Hall–Kier alpha value is -1.18. The van der Waals surface area contributed by atoms with Crippen LogP contribution in [0.5, 0.6) is 5.75 Å². The molecule has 0 amide bonds. The standard InChI is InChI=1S/C13H21NO/c1-10(2)9-14(4)12-8-11(3)6-7-13(12)15-5/h6-8,10H,9H2,1-5H3. The fourth-order valence-electron chi connectivity index (χ4n) is 1.74. The summed E-state index contributed by atoms with van der Waals surface area (Å²) in [5.74, 6) is 1.60. The first-order valence-electron chi connectivity index (χ1n) is 5.40. The lowest BCUT2D eigenvalue weighted by molar-refractivity contribution is 0.414. The Labute approximate surface area is 92.9 Å². The summed E-state index contributed by atoms with van der Waals surface area (Å²) in [5.41, 5.74) is 2.44. The number of methoxy groups -OCH3 is 1. The van der Waals surface area contributed by atoms with E-state index >= 15 is 0 Å². The highest BCUT2D eigenvalue weighted by molar-refractivity contribution is 5.59. The normalized spacial score (nSPS) is 10.5. The zero-order valence-electron chi connectivity index (χ0n) is 10.4. The first kappa shape index (κ1) is 11.9. The Morgan fingerprint density at radius 3 is 2.53 bits per heavy atom. The van der Waals surface area contributed by atoms with Crippen LogP contribution in [0.2, 0.25) is 0 Å². The van der Waals surface area contributed by atoms with Gasteiger partial charge in [0.25, 0.3) is 0 Å². The molecule has 15 heavy (non-hydrogen) atoms. The topological polar surface area (TPSA) is 12.5 Å². The van der Waals surface area contributed by atoms with Gasteiger partial charge in [-0.25, -0.2) is 0 Å². The number of nitrogens with zero attached hydrogens (tertiary/aromatic N) is 1. The molecule has 0 heterocycles. The van der Waals surface area contributed by atoms with E-state index in [1.807, 2.05) is 6.07 Å². The van der Waals surface area contributed by atoms with Crippen LogP contribution in [0.4, 0.5) is 5.69 Å². The van der Waals surface area contributed by atoms with E-state index < -0.39 is 0 Å². The minimum absolute atomic E-state index is 0.653. The molecule has 0 N–H and O–H groups in total. The van der Waals surface area contributed by atoms with Crippen molar-refractivity contribution in [3.05, 3.63) is 23.8 Å². The van der Waals surface area contributed by atoms with Crippen LogP contribution in [0, 0.1) is 12.8 Å².